The average molecular weight is 292 g/mol. The van der Waals surface area contributed by atoms with Gasteiger partial charge < -0.3 is 14.2 Å². The van der Waals surface area contributed by atoms with Crippen molar-refractivity contribution in [3.8, 4) is 0 Å². The van der Waals surface area contributed by atoms with E-state index in [2.05, 4.69) is 14.3 Å². The molecule has 20 heavy (non-hydrogen) atoms. The van der Waals surface area contributed by atoms with Crippen LogP contribution in [-0.4, -0.2) is 46.3 Å². The van der Waals surface area contributed by atoms with Crippen molar-refractivity contribution in [1.29, 1.82) is 0 Å². The first-order valence-electron chi connectivity index (χ1n) is 6.68. The number of rotatable bonds is 3. The summed E-state index contributed by atoms with van der Waals surface area (Å²) in [5.41, 5.74) is 0. The Kier molecular flexibility index (Phi) is 3.68. The molecule has 1 saturated heterocycles. The van der Waals surface area contributed by atoms with E-state index in [0.717, 1.165) is 30.5 Å². The summed E-state index contributed by atoms with van der Waals surface area (Å²) in [5, 5.41) is 0.951. The van der Waals surface area contributed by atoms with E-state index in [4.69, 9.17) is 4.42 Å². The molecule has 1 amide bonds. The number of hydrogen-bond donors (Lipinski definition) is 0. The maximum absolute atomic E-state index is 12.1. The first kappa shape index (κ1) is 13.1. The van der Waals surface area contributed by atoms with Gasteiger partial charge >= 0.3 is 0 Å². The number of carbonyl (C=O) groups excluding carboxylic acids is 1. The van der Waals surface area contributed by atoms with Crippen LogP contribution in [0.1, 0.15) is 23.3 Å². The molecule has 6 nitrogen and oxygen atoms in total. The molecule has 0 unspecified atom stereocenters. The molecule has 1 fully saturated rings. The van der Waals surface area contributed by atoms with Crippen LogP contribution in [0.15, 0.2) is 22.8 Å². The zero-order valence-corrected chi connectivity index (χ0v) is 12.1. The van der Waals surface area contributed by atoms with Crippen molar-refractivity contribution < 1.29 is 9.21 Å². The highest BCUT2D eigenvalue weighted by molar-refractivity contribution is 7.09. The Hall–Kier alpha value is -1.89. The summed E-state index contributed by atoms with van der Waals surface area (Å²) in [4.78, 5) is 20.6. The Balaban J connectivity index is 1.60. The number of furan rings is 1. The molecule has 3 rings (SSSR count). The van der Waals surface area contributed by atoms with E-state index in [1.165, 1.54) is 17.8 Å². The number of amides is 1. The fraction of sp³-hybridized carbons (Fsp3) is 0.462. The summed E-state index contributed by atoms with van der Waals surface area (Å²) in [6.07, 6.45) is 2.38. The lowest BCUT2D eigenvalue weighted by molar-refractivity contribution is 0.0714. The van der Waals surface area contributed by atoms with Crippen LogP contribution >= 0.6 is 11.5 Å². The van der Waals surface area contributed by atoms with Gasteiger partial charge in [-0.3, -0.25) is 4.79 Å². The molecule has 0 spiro atoms. The normalized spacial score (nSPS) is 15.7. The van der Waals surface area contributed by atoms with Crippen molar-refractivity contribution in [2.75, 3.05) is 31.1 Å². The van der Waals surface area contributed by atoms with Gasteiger partial charge in [-0.1, -0.05) is 6.92 Å². The fourth-order valence-electron chi connectivity index (χ4n) is 2.17. The highest BCUT2D eigenvalue weighted by atomic mass is 32.1. The molecule has 1 aliphatic rings. The zero-order chi connectivity index (χ0) is 13.9. The molecule has 2 aromatic heterocycles. The van der Waals surface area contributed by atoms with Gasteiger partial charge in [0.15, 0.2) is 5.76 Å². The molecule has 7 heteroatoms. The van der Waals surface area contributed by atoms with Crippen molar-refractivity contribution in [3.05, 3.63) is 30.0 Å². The highest BCUT2D eigenvalue weighted by Gasteiger charge is 2.25. The predicted molar refractivity (Wildman–Crippen MR) is 76.1 cm³/mol. The molecule has 0 aromatic carbocycles. The van der Waals surface area contributed by atoms with Crippen molar-refractivity contribution >= 4 is 22.6 Å². The molecular formula is C13H16N4O2S. The molecule has 106 valence electrons. The van der Waals surface area contributed by atoms with Crippen LogP contribution in [-0.2, 0) is 6.42 Å². The monoisotopic (exact) mass is 292 g/mol. The van der Waals surface area contributed by atoms with Gasteiger partial charge in [-0.2, -0.15) is 4.37 Å². The van der Waals surface area contributed by atoms with Crippen LogP contribution in [0.25, 0.3) is 0 Å². The number of anilines is 1. The van der Waals surface area contributed by atoms with Gasteiger partial charge in [0.05, 0.1) is 6.26 Å². The summed E-state index contributed by atoms with van der Waals surface area (Å²) in [5.74, 6) is 1.25. The molecule has 0 saturated carbocycles. The SMILES string of the molecule is CCc1nsc(N2CCN(C(=O)c3ccco3)CC2)n1. The van der Waals surface area contributed by atoms with Crippen molar-refractivity contribution in [2.45, 2.75) is 13.3 Å². The second-order valence-corrected chi connectivity index (χ2v) is 5.33. The van der Waals surface area contributed by atoms with Crippen LogP contribution < -0.4 is 4.90 Å². The molecular weight excluding hydrogens is 276 g/mol. The highest BCUT2D eigenvalue weighted by Crippen LogP contribution is 2.20. The molecule has 0 atom stereocenters. The third-order valence-electron chi connectivity index (χ3n) is 3.34. The second kappa shape index (κ2) is 5.62. The molecule has 0 radical (unpaired) electrons. The van der Waals surface area contributed by atoms with E-state index in [0.29, 0.717) is 18.8 Å². The summed E-state index contributed by atoms with van der Waals surface area (Å²) >= 11 is 1.43. The Labute approximate surface area is 121 Å². The van der Waals surface area contributed by atoms with Gasteiger partial charge in [-0.15, -0.1) is 0 Å². The number of nitrogens with zero attached hydrogens (tertiary/aromatic N) is 4. The van der Waals surface area contributed by atoms with Gasteiger partial charge in [0.2, 0.25) is 5.13 Å². The Bertz CT molecular complexity index is 573. The van der Waals surface area contributed by atoms with Crippen LogP contribution in [0.2, 0.25) is 0 Å². The number of aryl methyl sites for hydroxylation is 1. The molecule has 0 bridgehead atoms. The largest absolute Gasteiger partial charge is 0.459 e. The van der Waals surface area contributed by atoms with Gasteiger partial charge in [-0.25, -0.2) is 4.98 Å². The maximum atomic E-state index is 12.1. The van der Waals surface area contributed by atoms with E-state index in [1.54, 1.807) is 12.1 Å². The molecule has 0 N–H and O–H groups in total. The quantitative estimate of drug-likeness (QED) is 0.861. The van der Waals surface area contributed by atoms with E-state index in [1.807, 2.05) is 11.8 Å². The minimum Gasteiger partial charge on any atom is -0.459 e. The van der Waals surface area contributed by atoms with Crippen LogP contribution in [0.3, 0.4) is 0 Å². The molecule has 1 aliphatic heterocycles. The number of hydrogen-bond acceptors (Lipinski definition) is 6. The summed E-state index contributed by atoms with van der Waals surface area (Å²) in [6.45, 7) is 4.97. The first-order chi connectivity index (χ1) is 9.78. The van der Waals surface area contributed by atoms with E-state index < -0.39 is 0 Å². The summed E-state index contributed by atoms with van der Waals surface area (Å²) in [7, 11) is 0. The minimum atomic E-state index is -0.0406. The average Bonchev–Trinajstić information content (AvgIpc) is 3.18. The predicted octanol–water partition coefficient (Wildman–Crippen LogP) is 1.66. The second-order valence-electron chi connectivity index (χ2n) is 4.60. The van der Waals surface area contributed by atoms with Gasteiger partial charge in [0.25, 0.3) is 5.91 Å². The van der Waals surface area contributed by atoms with Gasteiger partial charge in [0.1, 0.15) is 5.82 Å². The zero-order valence-electron chi connectivity index (χ0n) is 11.3. The molecule has 0 aliphatic carbocycles. The summed E-state index contributed by atoms with van der Waals surface area (Å²) < 4.78 is 9.45. The Morgan fingerprint density at radius 3 is 2.80 bits per heavy atom. The van der Waals surface area contributed by atoms with Gasteiger partial charge in [0, 0.05) is 44.1 Å². The van der Waals surface area contributed by atoms with Gasteiger partial charge in [-0.05, 0) is 12.1 Å². The van der Waals surface area contributed by atoms with Crippen molar-refractivity contribution in [1.82, 2.24) is 14.3 Å². The van der Waals surface area contributed by atoms with Crippen LogP contribution in [0, 0.1) is 0 Å². The first-order valence-corrected chi connectivity index (χ1v) is 7.45. The third kappa shape index (κ3) is 2.53. The standard InChI is InChI=1S/C13H16N4O2S/c1-2-11-14-13(20-15-11)17-7-5-16(6-8-17)12(18)10-4-3-9-19-10/h3-4,9H,2,5-8H2,1H3. The van der Waals surface area contributed by atoms with E-state index in [9.17, 15) is 4.79 Å². The topological polar surface area (TPSA) is 62.5 Å². The molecule has 2 aromatic rings. The maximum Gasteiger partial charge on any atom is 0.289 e. The fourth-order valence-corrected chi connectivity index (χ4v) is 2.97. The Morgan fingerprint density at radius 2 is 2.20 bits per heavy atom. The van der Waals surface area contributed by atoms with E-state index in [-0.39, 0.29) is 5.91 Å². The number of carbonyl (C=O) groups is 1. The smallest absolute Gasteiger partial charge is 0.289 e. The van der Waals surface area contributed by atoms with Crippen molar-refractivity contribution in [3.63, 3.8) is 0 Å². The van der Waals surface area contributed by atoms with Crippen LogP contribution in [0.4, 0.5) is 5.13 Å². The number of piperazine rings is 1. The summed E-state index contributed by atoms with van der Waals surface area (Å²) in [6, 6.07) is 3.43. The van der Waals surface area contributed by atoms with Crippen molar-refractivity contribution in [2.24, 2.45) is 0 Å². The minimum absolute atomic E-state index is 0.0406. The lowest BCUT2D eigenvalue weighted by atomic mass is 10.3. The lowest BCUT2D eigenvalue weighted by Gasteiger charge is -2.33. The number of aromatic nitrogens is 2. The Morgan fingerprint density at radius 1 is 1.40 bits per heavy atom. The molecule has 3 heterocycles. The lowest BCUT2D eigenvalue weighted by Crippen LogP contribution is -2.48. The third-order valence-corrected chi connectivity index (χ3v) is 4.16. The van der Waals surface area contributed by atoms with E-state index >= 15 is 0 Å². The van der Waals surface area contributed by atoms with Crippen LogP contribution in [0.5, 0.6) is 0 Å².